The van der Waals surface area contributed by atoms with E-state index in [0.717, 1.165) is 37.2 Å². The Labute approximate surface area is 171 Å². The summed E-state index contributed by atoms with van der Waals surface area (Å²) in [5.41, 5.74) is 4.32. The number of nitrogens with one attached hydrogen (secondary N) is 1. The number of carbonyl (C=O) groups excluding carboxylic acids is 1. The van der Waals surface area contributed by atoms with Crippen molar-refractivity contribution in [1.29, 1.82) is 0 Å². The molecule has 1 aromatic carbocycles. The van der Waals surface area contributed by atoms with Crippen molar-refractivity contribution in [2.24, 2.45) is 5.10 Å². The van der Waals surface area contributed by atoms with Gasteiger partial charge in [-0.1, -0.05) is 49.2 Å². The molecule has 152 valence electrons. The summed E-state index contributed by atoms with van der Waals surface area (Å²) in [7, 11) is 0. The Morgan fingerprint density at radius 2 is 1.93 bits per heavy atom. The first-order valence-corrected chi connectivity index (χ1v) is 9.98. The van der Waals surface area contributed by atoms with E-state index in [9.17, 15) is 4.79 Å². The standard InChI is InChI=1S/C22H27N5O2/c1-18-16-21(25-22(24-18)27-14-7-2-3-8-15-27)29-17-20(28)26-23-13-9-12-19-10-5-4-6-11-19/h4-6,9-13,16H,2-3,7-8,14-15,17H2,1H3,(H,26,28). The molecule has 0 bridgehead atoms. The fourth-order valence-electron chi connectivity index (χ4n) is 3.05. The molecule has 0 spiro atoms. The molecule has 2 aromatic rings. The molecule has 0 atom stereocenters. The summed E-state index contributed by atoms with van der Waals surface area (Å²) in [6.45, 7) is 3.65. The molecule has 0 radical (unpaired) electrons. The maximum absolute atomic E-state index is 11.9. The summed E-state index contributed by atoms with van der Waals surface area (Å²) < 4.78 is 5.56. The van der Waals surface area contributed by atoms with Gasteiger partial charge in [-0.05, 0) is 31.4 Å². The molecular weight excluding hydrogens is 366 g/mol. The number of anilines is 1. The minimum atomic E-state index is -0.345. The molecule has 0 unspecified atom stereocenters. The van der Waals surface area contributed by atoms with Crippen LogP contribution in [0.5, 0.6) is 5.88 Å². The van der Waals surface area contributed by atoms with Crippen LogP contribution in [0.1, 0.15) is 36.9 Å². The van der Waals surface area contributed by atoms with Crippen LogP contribution in [0.15, 0.2) is 47.6 Å². The molecule has 1 amide bonds. The predicted octanol–water partition coefficient (Wildman–Crippen LogP) is 3.36. The summed E-state index contributed by atoms with van der Waals surface area (Å²) in [4.78, 5) is 23.1. The Balaban J connectivity index is 1.48. The maximum Gasteiger partial charge on any atom is 0.278 e. The Hall–Kier alpha value is -3.22. The van der Waals surface area contributed by atoms with Crippen molar-refractivity contribution in [2.75, 3.05) is 24.6 Å². The van der Waals surface area contributed by atoms with Gasteiger partial charge in [0.15, 0.2) is 6.61 Å². The zero-order valence-electron chi connectivity index (χ0n) is 16.8. The summed E-state index contributed by atoms with van der Waals surface area (Å²) in [5, 5.41) is 3.89. The van der Waals surface area contributed by atoms with E-state index in [2.05, 4.69) is 25.4 Å². The monoisotopic (exact) mass is 393 g/mol. The molecule has 1 N–H and O–H groups in total. The zero-order valence-corrected chi connectivity index (χ0v) is 16.8. The third-order valence-electron chi connectivity index (χ3n) is 4.50. The molecule has 7 nitrogen and oxygen atoms in total. The third-order valence-corrected chi connectivity index (χ3v) is 4.50. The first kappa shape index (κ1) is 20.5. The molecule has 0 saturated carbocycles. The SMILES string of the molecule is Cc1cc(OCC(=O)NN=CC=Cc2ccccc2)nc(N2CCCCCC2)n1. The normalized spacial score (nSPS) is 14.9. The minimum Gasteiger partial charge on any atom is -0.467 e. The number of aryl methyl sites for hydroxylation is 1. The van der Waals surface area contributed by atoms with Crippen molar-refractivity contribution in [3.05, 3.63) is 53.7 Å². The minimum absolute atomic E-state index is 0.157. The molecule has 1 fully saturated rings. The summed E-state index contributed by atoms with van der Waals surface area (Å²) in [6.07, 6.45) is 9.97. The van der Waals surface area contributed by atoms with Crippen LogP contribution in [0.4, 0.5) is 5.95 Å². The maximum atomic E-state index is 11.9. The fraction of sp³-hybridized carbons (Fsp3) is 0.364. The lowest BCUT2D eigenvalue weighted by molar-refractivity contribution is -0.123. The molecular formula is C22H27N5O2. The molecule has 2 heterocycles. The summed E-state index contributed by atoms with van der Waals surface area (Å²) >= 11 is 0. The van der Waals surface area contributed by atoms with Gasteiger partial charge in [-0.25, -0.2) is 10.4 Å². The highest BCUT2D eigenvalue weighted by Crippen LogP contribution is 2.19. The highest BCUT2D eigenvalue weighted by molar-refractivity contribution is 5.81. The zero-order chi connectivity index (χ0) is 20.3. The highest BCUT2D eigenvalue weighted by atomic mass is 16.5. The number of amides is 1. The van der Waals surface area contributed by atoms with Crippen LogP contribution in [-0.2, 0) is 4.79 Å². The second-order valence-electron chi connectivity index (χ2n) is 6.92. The van der Waals surface area contributed by atoms with Crippen molar-refractivity contribution in [3.63, 3.8) is 0 Å². The molecule has 7 heteroatoms. The van der Waals surface area contributed by atoms with E-state index in [1.165, 1.54) is 19.1 Å². The van der Waals surface area contributed by atoms with E-state index in [4.69, 9.17) is 4.74 Å². The smallest absolute Gasteiger partial charge is 0.278 e. The average molecular weight is 393 g/mol. The number of rotatable bonds is 7. The lowest BCUT2D eigenvalue weighted by atomic mass is 10.2. The Bertz CT molecular complexity index is 844. The quantitative estimate of drug-likeness (QED) is 0.576. The van der Waals surface area contributed by atoms with E-state index >= 15 is 0 Å². The van der Waals surface area contributed by atoms with E-state index < -0.39 is 0 Å². The predicted molar refractivity (Wildman–Crippen MR) is 115 cm³/mol. The molecule has 1 saturated heterocycles. The number of benzene rings is 1. The molecule has 1 aliphatic heterocycles. The van der Waals surface area contributed by atoms with Gasteiger partial charge in [-0.15, -0.1) is 0 Å². The highest BCUT2D eigenvalue weighted by Gasteiger charge is 2.14. The van der Waals surface area contributed by atoms with E-state index in [1.54, 1.807) is 12.1 Å². The van der Waals surface area contributed by atoms with Crippen LogP contribution in [0, 0.1) is 6.92 Å². The largest absolute Gasteiger partial charge is 0.467 e. The number of aromatic nitrogens is 2. The van der Waals surface area contributed by atoms with Crippen LogP contribution in [0.25, 0.3) is 6.08 Å². The van der Waals surface area contributed by atoms with E-state index in [-0.39, 0.29) is 12.5 Å². The number of nitrogens with zero attached hydrogens (tertiary/aromatic N) is 4. The summed E-state index contributed by atoms with van der Waals surface area (Å²) in [5.74, 6) is 0.730. The molecule has 1 aromatic heterocycles. The molecule has 29 heavy (non-hydrogen) atoms. The number of allylic oxidation sites excluding steroid dienone is 1. The lowest BCUT2D eigenvalue weighted by Crippen LogP contribution is -2.27. The second kappa shape index (κ2) is 10.9. The van der Waals surface area contributed by atoms with E-state index in [0.29, 0.717) is 11.8 Å². The first-order chi connectivity index (χ1) is 14.2. The van der Waals surface area contributed by atoms with E-state index in [1.807, 2.05) is 43.3 Å². The van der Waals surface area contributed by atoms with Crippen LogP contribution in [-0.4, -0.2) is 41.8 Å². The van der Waals surface area contributed by atoms with Gasteiger partial charge in [0.2, 0.25) is 11.8 Å². The number of hydrazone groups is 1. The van der Waals surface area contributed by atoms with Crippen molar-refractivity contribution in [1.82, 2.24) is 15.4 Å². The Kier molecular flexibility index (Phi) is 7.74. The van der Waals surface area contributed by atoms with Crippen LogP contribution < -0.4 is 15.1 Å². The van der Waals surface area contributed by atoms with Gasteiger partial charge < -0.3 is 9.64 Å². The van der Waals surface area contributed by atoms with Gasteiger partial charge in [-0.2, -0.15) is 10.1 Å². The molecule has 3 rings (SSSR count). The van der Waals surface area contributed by atoms with Crippen molar-refractivity contribution < 1.29 is 9.53 Å². The Morgan fingerprint density at radius 1 is 1.17 bits per heavy atom. The van der Waals surface area contributed by atoms with Gasteiger partial charge in [0, 0.05) is 31.1 Å². The summed E-state index contributed by atoms with van der Waals surface area (Å²) in [6, 6.07) is 11.6. The van der Waals surface area contributed by atoms with Gasteiger partial charge in [0.1, 0.15) is 0 Å². The lowest BCUT2D eigenvalue weighted by Gasteiger charge is -2.20. The third kappa shape index (κ3) is 7.03. The van der Waals surface area contributed by atoms with Gasteiger partial charge in [0.05, 0.1) is 0 Å². The van der Waals surface area contributed by atoms with Crippen LogP contribution in [0.3, 0.4) is 0 Å². The molecule has 0 aliphatic carbocycles. The second-order valence-corrected chi connectivity index (χ2v) is 6.92. The van der Waals surface area contributed by atoms with Gasteiger partial charge >= 0.3 is 0 Å². The van der Waals surface area contributed by atoms with Crippen LogP contribution in [0.2, 0.25) is 0 Å². The van der Waals surface area contributed by atoms with Crippen LogP contribution >= 0.6 is 0 Å². The number of carbonyl (C=O) groups is 1. The molecule has 1 aliphatic rings. The number of ether oxygens (including phenoxy) is 1. The average Bonchev–Trinajstić information content (AvgIpc) is 3.02. The van der Waals surface area contributed by atoms with Gasteiger partial charge in [-0.3, -0.25) is 4.79 Å². The number of hydrogen-bond donors (Lipinski definition) is 1. The Morgan fingerprint density at radius 3 is 2.69 bits per heavy atom. The number of hydrogen-bond acceptors (Lipinski definition) is 6. The first-order valence-electron chi connectivity index (χ1n) is 9.98. The fourth-order valence-corrected chi connectivity index (χ4v) is 3.05. The van der Waals surface area contributed by atoms with Crippen molar-refractivity contribution in [3.8, 4) is 5.88 Å². The van der Waals surface area contributed by atoms with Crippen molar-refractivity contribution >= 4 is 24.1 Å². The van der Waals surface area contributed by atoms with Crippen molar-refractivity contribution in [2.45, 2.75) is 32.6 Å². The van der Waals surface area contributed by atoms with Gasteiger partial charge in [0.25, 0.3) is 5.91 Å². The topological polar surface area (TPSA) is 79.7 Å².